The quantitative estimate of drug-likeness (QED) is 0.583. The Bertz CT molecular complexity index is 778. The first-order valence-corrected chi connectivity index (χ1v) is 6.06. The molecule has 1 amide bonds. The normalized spacial score (nSPS) is 10.4. The lowest BCUT2D eigenvalue weighted by Gasteiger charge is -2.03. The maximum Gasteiger partial charge on any atom is 0.288 e. The first kappa shape index (κ1) is 12.1. The van der Waals surface area contributed by atoms with Gasteiger partial charge in [0.15, 0.2) is 0 Å². The van der Waals surface area contributed by atoms with E-state index in [1.807, 2.05) is 41.0 Å². The molecule has 3 rings (SSSR count). The zero-order valence-corrected chi connectivity index (χ0v) is 10.5. The van der Waals surface area contributed by atoms with Gasteiger partial charge in [0.05, 0.1) is 23.1 Å². The van der Waals surface area contributed by atoms with E-state index in [2.05, 4.69) is 10.3 Å². The van der Waals surface area contributed by atoms with E-state index in [0.29, 0.717) is 5.69 Å². The fourth-order valence-corrected chi connectivity index (χ4v) is 2.15. The first-order valence-electron chi connectivity index (χ1n) is 6.06. The topological polar surface area (TPSA) is 64.0 Å². The fourth-order valence-electron chi connectivity index (χ4n) is 2.15. The summed E-state index contributed by atoms with van der Waals surface area (Å²) < 4.78 is 1.92. The van der Waals surface area contributed by atoms with E-state index in [9.17, 15) is 9.59 Å². The second-order valence-electron chi connectivity index (χ2n) is 4.25. The Hall–Kier alpha value is -2.95. The number of amides is 1. The van der Waals surface area contributed by atoms with Gasteiger partial charge < -0.3 is 9.88 Å². The minimum absolute atomic E-state index is 0.260. The average molecular weight is 265 g/mol. The van der Waals surface area contributed by atoms with Crippen molar-refractivity contribution in [3.63, 3.8) is 0 Å². The number of hydrogen-bond acceptors (Lipinski definition) is 3. The molecule has 1 N–H and O–H groups in total. The van der Waals surface area contributed by atoms with Crippen molar-refractivity contribution in [2.75, 3.05) is 5.32 Å². The van der Waals surface area contributed by atoms with Crippen LogP contribution in [0.4, 0.5) is 5.69 Å². The molecule has 0 atom stereocenters. The van der Waals surface area contributed by atoms with E-state index in [0.717, 1.165) is 16.6 Å². The monoisotopic (exact) mass is 265 g/mol. The molecule has 0 unspecified atom stereocenters. The smallest absolute Gasteiger partial charge is 0.288 e. The van der Waals surface area contributed by atoms with E-state index >= 15 is 0 Å². The summed E-state index contributed by atoms with van der Waals surface area (Å²) in [6.07, 6.45) is 5.47. The van der Waals surface area contributed by atoms with Crippen LogP contribution in [0.1, 0.15) is 0 Å². The number of aldehydes is 1. The summed E-state index contributed by atoms with van der Waals surface area (Å²) in [7, 11) is 0. The van der Waals surface area contributed by atoms with Crippen LogP contribution in [0.25, 0.3) is 16.6 Å². The van der Waals surface area contributed by atoms with Crippen LogP contribution >= 0.6 is 0 Å². The standard InChI is InChI=1S/C15H11N3O2/c19-10-15(20)17-13-9-18(11-4-3-7-16-8-11)14-6-2-1-5-12(13)14/h1-10H,(H,17,20). The van der Waals surface area contributed by atoms with Crippen molar-refractivity contribution < 1.29 is 9.59 Å². The van der Waals surface area contributed by atoms with Crippen LogP contribution < -0.4 is 5.32 Å². The minimum Gasteiger partial charge on any atom is -0.318 e. The Labute approximate surface area is 114 Å². The second kappa shape index (κ2) is 4.97. The van der Waals surface area contributed by atoms with Crippen LogP contribution in [0.2, 0.25) is 0 Å². The fraction of sp³-hybridized carbons (Fsp3) is 0. The molecule has 2 heterocycles. The third-order valence-electron chi connectivity index (χ3n) is 3.00. The molecule has 0 spiro atoms. The highest BCUT2D eigenvalue weighted by atomic mass is 16.2. The Balaban J connectivity index is 2.19. The first-order chi connectivity index (χ1) is 9.79. The lowest BCUT2D eigenvalue weighted by Crippen LogP contribution is -2.11. The maximum atomic E-state index is 11.3. The molecule has 0 bridgehead atoms. The van der Waals surface area contributed by atoms with Crippen molar-refractivity contribution in [1.29, 1.82) is 0 Å². The summed E-state index contributed by atoms with van der Waals surface area (Å²) in [4.78, 5) is 25.9. The molecule has 2 aromatic heterocycles. The second-order valence-corrected chi connectivity index (χ2v) is 4.25. The third kappa shape index (κ3) is 2.05. The summed E-state index contributed by atoms with van der Waals surface area (Å²) >= 11 is 0. The summed E-state index contributed by atoms with van der Waals surface area (Å²) in [6, 6.07) is 11.4. The van der Waals surface area contributed by atoms with Crippen molar-refractivity contribution in [1.82, 2.24) is 9.55 Å². The van der Waals surface area contributed by atoms with E-state index in [-0.39, 0.29) is 6.29 Å². The van der Waals surface area contributed by atoms with Gasteiger partial charge in [0, 0.05) is 17.8 Å². The molecule has 3 aromatic rings. The number of pyridine rings is 1. The van der Waals surface area contributed by atoms with E-state index < -0.39 is 5.91 Å². The predicted octanol–water partition coefficient (Wildman–Crippen LogP) is 2.16. The van der Waals surface area contributed by atoms with E-state index in [4.69, 9.17) is 0 Å². The van der Waals surface area contributed by atoms with Crippen LogP contribution in [0.15, 0.2) is 55.0 Å². The number of hydrogen-bond donors (Lipinski definition) is 1. The molecule has 0 aliphatic carbocycles. The summed E-state index contributed by atoms with van der Waals surface area (Å²) in [6.45, 7) is 0. The van der Waals surface area contributed by atoms with Gasteiger partial charge in [0.1, 0.15) is 0 Å². The molecule has 20 heavy (non-hydrogen) atoms. The molecule has 0 radical (unpaired) electrons. The molecule has 0 aliphatic heterocycles. The van der Waals surface area contributed by atoms with Gasteiger partial charge in [-0.15, -0.1) is 0 Å². The summed E-state index contributed by atoms with van der Waals surface area (Å²) in [5.74, 6) is -0.668. The molecular weight excluding hydrogens is 254 g/mol. The molecule has 0 saturated heterocycles. The van der Waals surface area contributed by atoms with Gasteiger partial charge in [-0.1, -0.05) is 18.2 Å². The number of carbonyl (C=O) groups excluding carboxylic acids is 2. The van der Waals surface area contributed by atoms with Gasteiger partial charge in [-0.2, -0.15) is 0 Å². The highest BCUT2D eigenvalue weighted by Crippen LogP contribution is 2.28. The van der Waals surface area contributed by atoms with Gasteiger partial charge in [0.25, 0.3) is 5.91 Å². The molecule has 0 saturated carbocycles. The van der Waals surface area contributed by atoms with Crippen LogP contribution in [-0.2, 0) is 9.59 Å². The van der Waals surface area contributed by atoms with E-state index in [1.54, 1.807) is 18.6 Å². The van der Waals surface area contributed by atoms with Crippen molar-refractivity contribution in [3.05, 3.63) is 55.0 Å². The van der Waals surface area contributed by atoms with Crippen molar-refractivity contribution >= 4 is 28.8 Å². The number of para-hydroxylation sites is 1. The number of carbonyl (C=O) groups is 2. The van der Waals surface area contributed by atoms with Crippen LogP contribution in [0.5, 0.6) is 0 Å². The zero-order valence-electron chi connectivity index (χ0n) is 10.5. The number of nitrogens with one attached hydrogen (secondary N) is 1. The molecule has 0 aliphatic rings. The van der Waals surface area contributed by atoms with Crippen molar-refractivity contribution in [2.24, 2.45) is 0 Å². The summed E-state index contributed by atoms with van der Waals surface area (Å²) in [5.41, 5.74) is 2.42. The van der Waals surface area contributed by atoms with Gasteiger partial charge in [-0.25, -0.2) is 0 Å². The summed E-state index contributed by atoms with van der Waals surface area (Å²) in [5, 5.41) is 3.44. The van der Waals surface area contributed by atoms with Gasteiger partial charge in [-0.05, 0) is 18.2 Å². The Kier molecular flexibility index (Phi) is 3.01. The third-order valence-corrected chi connectivity index (χ3v) is 3.00. The van der Waals surface area contributed by atoms with Gasteiger partial charge in [-0.3, -0.25) is 14.6 Å². The number of benzene rings is 1. The van der Waals surface area contributed by atoms with Crippen molar-refractivity contribution in [3.8, 4) is 5.69 Å². The van der Waals surface area contributed by atoms with Crippen LogP contribution in [-0.4, -0.2) is 21.7 Å². The molecule has 98 valence electrons. The molecule has 5 heteroatoms. The SMILES string of the molecule is O=CC(=O)Nc1cn(-c2cccnc2)c2ccccc12. The highest BCUT2D eigenvalue weighted by Gasteiger charge is 2.11. The molecule has 5 nitrogen and oxygen atoms in total. The number of fused-ring (bicyclic) bond motifs is 1. The number of rotatable bonds is 3. The minimum atomic E-state index is -0.668. The van der Waals surface area contributed by atoms with Crippen LogP contribution in [0, 0.1) is 0 Å². The largest absolute Gasteiger partial charge is 0.318 e. The van der Waals surface area contributed by atoms with Crippen molar-refractivity contribution in [2.45, 2.75) is 0 Å². The zero-order chi connectivity index (χ0) is 13.9. The van der Waals surface area contributed by atoms with E-state index in [1.165, 1.54) is 0 Å². The lowest BCUT2D eigenvalue weighted by atomic mass is 10.2. The Morgan fingerprint density at radius 2 is 2.05 bits per heavy atom. The number of anilines is 1. The highest BCUT2D eigenvalue weighted by molar-refractivity contribution is 6.30. The van der Waals surface area contributed by atoms with Crippen LogP contribution in [0.3, 0.4) is 0 Å². The Morgan fingerprint density at radius 3 is 2.80 bits per heavy atom. The number of nitrogens with zero attached hydrogens (tertiary/aromatic N) is 2. The molecular formula is C15H11N3O2. The maximum absolute atomic E-state index is 11.3. The number of aromatic nitrogens is 2. The van der Waals surface area contributed by atoms with Gasteiger partial charge >= 0.3 is 0 Å². The average Bonchev–Trinajstić information content (AvgIpc) is 2.87. The molecule has 1 aromatic carbocycles. The molecule has 0 fully saturated rings. The Morgan fingerprint density at radius 1 is 1.20 bits per heavy atom. The van der Waals surface area contributed by atoms with Gasteiger partial charge in [0.2, 0.25) is 6.29 Å². The lowest BCUT2D eigenvalue weighted by molar-refractivity contribution is -0.127. The predicted molar refractivity (Wildman–Crippen MR) is 75.8 cm³/mol.